The van der Waals surface area contributed by atoms with Gasteiger partial charge in [-0.05, 0) is 0 Å². The van der Waals surface area contributed by atoms with Crippen molar-refractivity contribution in [3.63, 3.8) is 0 Å². The quantitative estimate of drug-likeness (QED) is 0.0755. The average molecular weight is 472 g/mol. The molecule has 0 aliphatic rings. The number of alkyl halides is 11. The maximum atomic E-state index is 14.0. The van der Waals surface area contributed by atoms with E-state index in [0.717, 1.165) is 0 Å². The Balaban J connectivity index is 0. The first kappa shape index (κ1) is 30.1. The first-order valence-corrected chi connectivity index (χ1v) is 7.13. The van der Waals surface area contributed by atoms with E-state index in [1.54, 1.807) is 0 Å². The van der Waals surface area contributed by atoms with Gasteiger partial charge in [-0.1, -0.05) is 0 Å². The molecule has 0 bridgehead atoms. The molecular weight excluding hydrogens is 464 g/mol. The number of esters is 1. The molecule has 28 heavy (non-hydrogen) atoms. The summed E-state index contributed by atoms with van der Waals surface area (Å²) >= 11 is -0.0680. The van der Waals surface area contributed by atoms with Crippen molar-refractivity contribution >= 4 is 18.0 Å². The molecule has 0 atom stereocenters. The number of carbonyl (C=O) groups excluding carboxylic acids is 1. The molecule has 0 unspecified atom stereocenters. The third-order valence-electron chi connectivity index (χ3n) is 2.90. The topological polar surface area (TPSA) is 67.8 Å². The fourth-order valence-electron chi connectivity index (χ4n) is 1.61. The molecule has 0 fully saturated rings. The van der Waals surface area contributed by atoms with Crippen LogP contribution in [0.5, 0.6) is 0 Å². The Hall–Kier alpha value is -0.0700. The van der Waals surface area contributed by atoms with Gasteiger partial charge in [-0.15, -0.1) is 0 Å². The van der Waals surface area contributed by atoms with Gasteiger partial charge in [0, 0.05) is 18.5 Å². The van der Waals surface area contributed by atoms with Gasteiger partial charge in [0.1, 0.15) is 5.75 Å². The van der Waals surface area contributed by atoms with Crippen LogP contribution in [0, 0.1) is 0 Å². The number of halogens is 11. The minimum Gasteiger partial charge on any atom is -0.691 e. The van der Waals surface area contributed by atoms with Crippen molar-refractivity contribution in [1.82, 2.24) is 0 Å². The SMILES string of the molecule is O=C(CSOO[O-])OCCC(F)(F)C(F)(C(F)(F)C(F)F)C(F)(F)C(F)F.[Na+]. The van der Waals surface area contributed by atoms with E-state index < -0.39 is 61.0 Å². The molecular formula is C10H8F11NaO5S. The number of carbonyl (C=O) groups is 1. The van der Waals surface area contributed by atoms with Gasteiger partial charge in [-0.3, -0.25) is 9.83 Å². The van der Waals surface area contributed by atoms with Crippen LogP contribution in [0.1, 0.15) is 6.42 Å². The summed E-state index contributed by atoms with van der Waals surface area (Å²) in [5.74, 6) is -22.5. The van der Waals surface area contributed by atoms with Gasteiger partial charge < -0.3 is 9.99 Å². The van der Waals surface area contributed by atoms with Gasteiger partial charge in [-0.2, -0.15) is 21.9 Å². The molecule has 0 aliphatic carbocycles. The van der Waals surface area contributed by atoms with E-state index in [-0.39, 0.29) is 41.6 Å². The van der Waals surface area contributed by atoms with Crippen LogP contribution in [0.15, 0.2) is 0 Å². The predicted molar refractivity (Wildman–Crippen MR) is 60.9 cm³/mol. The van der Waals surface area contributed by atoms with Crippen molar-refractivity contribution in [2.24, 2.45) is 0 Å². The molecule has 0 N–H and O–H groups in total. The Morgan fingerprint density at radius 1 is 0.929 bits per heavy atom. The van der Waals surface area contributed by atoms with E-state index >= 15 is 0 Å². The number of rotatable bonds is 12. The van der Waals surface area contributed by atoms with Crippen LogP contribution in [-0.2, 0) is 18.9 Å². The monoisotopic (exact) mass is 472 g/mol. The van der Waals surface area contributed by atoms with Crippen molar-refractivity contribution < 1.29 is 102 Å². The Kier molecular flexibility index (Phi) is 12.2. The molecule has 0 heterocycles. The standard InChI is InChI=1S/C10H9F11O5S.Na/c11-5(12)8(17,18)10(21,9(19,20)6(13)14)7(15,16)1-2-24-4(22)3-27-26-25-23;/h5-6,23H,1-3H2;/q;+1/p-1. The molecule has 0 saturated heterocycles. The van der Waals surface area contributed by atoms with E-state index in [1.165, 1.54) is 0 Å². The van der Waals surface area contributed by atoms with Crippen LogP contribution < -0.4 is 34.8 Å². The number of ether oxygens (including phenoxy) is 1. The smallest absolute Gasteiger partial charge is 0.691 e. The molecule has 0 spiro atoms. The predicted octanol–water partition coefficient (Wildman–Crippen LogP) is -0.0602. The molecule has 5 nitrogen and oxygen atoms in total. The van der Waals surface area contributed by atoms with Crippen molar-refractivity contribution in [3.05, 3.63) is 0 Å². The Morgan fingerprint density at radius 3 is 1.71 bits per heavy atom. The van der Waals surface area contributed by atoms with E-state index in [9.17, 15) is 58.3 Å². The fourth-order valence-corrected chi connectivity index (χ4v) is 1.88. The van der Waals surface area contributed by atoms with Gasteiger partial charge in [0.05, 0.1) is 6.61 Å². The third kappa shape index (κ3) is 6.21. The molecule has 0 radical (unpaired) electrons. The second kappa shape index (κ2) is 11.4. The van der Waals surface area contributed by atoms with Crippen LogP contribution in [0.3, 0.4) is 0 Å². The van der Waals surface area contributed by atoms with Gasteiger partial charge in [-0.25, -0.2) is 30.7 Å². The first-order valence-electron chi connectivity index (χ1n) is 6.22. The van der Waals surface area contributed by atoms with Crippen LogP contribution >= 0.6 is 12.0 Å². The zero-order valence-electron chi connectivity index (χ0n) is 13.4. The van der Waals surface area contributed by atoms with Crippen molar-refractivity contribution in [3.8, 4) is 0 Å². The molecule has 0 aliphatic heterocycles. The van der Waals surface area contributed by atoms with Gasteiger partial charge >= 0.3 is 65.9 Å². The molecule has 0 aromatic rings. The number of hydrogen-bond donors (Lipinski definition) is 0. The third-order valence-corrected chi connectivity index (χ3v) is 3.41. The molecule has 0 aromatic carbocycles. The molecule has 0 saturated carbocycles. The summed E-state index contributed by atoms with van der Waals surface area (Å²) in [5.41, 5.74) is -7.02. The van der Waals surface area contributed by atoms with Gasteiger partial charge in [0.25, 0.3) is 5.92 Å². The Morgan fingerprint density at radius 2 is 1.36 bits per heavy atom. The van der Waals surface area contributed by atoms with Crippen molar-refractivity contribution in [2.45, 2.75) is 42.7 Å². The average Bonchev–Trinajstić information content (AvgIpc) is 2.53. The van der Waals surface area contributed by atoms with Gasteiger partial charge in [0.2, 0.25) is 0 Å². The maximum Gasteiger partial charge on any atom is 1.00 e. The first-order chi connectivity index (χ1) is 12.1. The zero-order valence-corrected chi connectivity index (χ0v) is 16.2. The minimum atomic E-state index is -7.02. The Labute approximate surface area is 175 Å². The number of hydrogen-bond acceptors (Lipinski definition) is 6. The second-order valence-electron chi connectivity index (χ2n) is 4.58. The van der Waals surface area contributed by atoms with E-state index in [1.807, 2.05) is 0 Å². The van der Waals surface area contributed by atoms with Crippen molar-refractivity contribution in [2.75, 3.05) is 12.4 Å². The van der Waals surface area contributed by atoms with E-state index in [4.69, 9.17) is 0 Å². The summed E-state index contributed by atoms with van der Waals surface area (Å²) in [7, 11) is 0. The Bertz CT molecular complexity index is 476. The zero-order chi connectivity index (χ0) is 21.7. The molecule has 0 amide bonds. The van der Waals surface area contributed by atoms with Crippen LogP contribution in [0.25, 0.3) is 0 Å². The molecule has 0 aromatic heterocycles. The fraction of sp³-hybridized carbons (Fsp3) is 0.900. The summed E-state index contributed by atoms with van der Waals surface area (Å²) < 4.78 is 150. The maximum absolute atomic E-state index is 14.0. The largest absolute Gasteiger partial charge is 1.00 e. The summed E-state index contributed by atoms with van der Waals surface area (Å²) in [6.07, 6.45) is -13.6. The second-order valence-corrected chi connectivity index (χ2v) is 5.24. The molecule has 18 heteroatoms. The van der Waals surface area contributed by atoms with E-state index in [2.05, 4.69) is 14.1 Å². The summed E-state index contributed by atoms with van der Waals surface area (Å²) in [4.78, 5) is 10.9. The van der Waals surface area contributed by atoms with Crippen LogP contribution in [0.4, 0.5) is 48.3 Å². The summed E-state index contributed by atoms with van der Waals surface area (Å²) in [6.45, 7) is -1.81. The minimum absolute atomic E-state index is 0. The molecule has 0 rings (SSSR count). The van der Waals surface area contributed by atoms with E-state index in [0.29, 0.717) is 0 Å². The van der Waals surface area contributed by atoms with Gasteiger partial charge in [0.15, 0.2) is 0 Å². The normalized spacial score (nSPS) is 13.6. The summed E-state index contributed by atoms with van der Waals surface area (Å²) in [5, 5.41) is 12.1. The summed E-state index contributed by atoms with van der Waals surface area (Å²) in [6, 6.07) is 0. The molecule has 162 valence electrons. The van der Waals surface area contributed by atoms with Crippen molar-refractivity contribution in [1.29, 1.82) is 0 Å². The van der Waals surface area contributed by atoms with Crippen LogP contribution in [0.2, 0.25) is 0 Å². The van der Waals surface area contributed by atoms with Crippen LogP contribution in [-0.4, -0.2) is 54.6 Å².